The van der Waals surface area contributed by atoms with Crippen LogP contribution in [0.2, 0.25) is 0 Å². The maximum atomic E-state index is 12.8. The van der Waals surface area contributed by atoms with E-state index in [1.165, 1.54) is 6.92 Å². The van der Waals surface area contributed by atoms with Gasteiger partial charge in [0.1, 0.15) is 0 Å². The fraction of sp³-hybridized carbons (Fsp3) is 0.500. The molecule has 0 spiro atoms. The second-order valence-corrected chi connectivity index (χ2v) is 6.52. The Balaban J connectivity index is 0.00000338. The van der Waals surface area contributed by atoms with Gasteiger partial charge in [-0.05, 0) is 25.3 Å². The SMILES string of the molecule is CCC(CC)O[C@@H]1C=C(C(=O)c2ccccc2)C[C@H](N)[C@H]1NC(C)=O.Cl. The summed E-state index contributed by atoms with van der Waals surface area (Å²) in [6, 6.07) is 8.46. The van der Waals surface area contributed by atoms with Crippen molar-refractivity contribution in [1.29, 1.82) is 0 Å². The molecule has 0 saturated carbocycles. The molecule has 0 aliphatic heterocycles. The molecule has 0 bridgehead atoms. The van der Waals surface area contributed by atoms with Crippen molar-refractivity contribution in [2.75, 3.05) is 0 Å². The number of Topliss-reactive ketones (excluding diaryl/α,β-unsaturated/α-hetero) is 1. The monoisotopic (exact) mass is 380 g/mol. The zero-order valence-corrected chi connectivity index (χ0v) is 16.4. The van der Waals surface area contributed by atoms with Crippen molar-refractivity contribution >= 4 is 24.1 Å². The second kappa shape index (κ2) is 10.5. The molecular weight excluding hydrogens is 352 g/mol. The number of hydrogen-bond acceptors (Lipinski definition) is 4. The Kier molecular flexibility index (Phi) is 8.99. The van der Waals surface area contributed by atoms with Crippen molar-refractivity contribution in [3.05, 3.63) is 47.5 Å². The second-order valence-electron chi connectivity index (χ2n) is 6.52. The van der Waals surface area contributed by atoms with E-state index in [9.17, 15) is 9.59 Å². The molecule has 2 rings (SSSR count). The first-order chi connectivity index (χ1) is 12.0. The Hall–Kier alpha value is -1.69. The molecule has 0 fully saturated rings. The molecule has 3 atom stereocenters. The third-order valence-corrected chi connectivity index (χ3v) is 4.59. The van der Waals surface area contributed by atoms with Crippen molar-refractivity contribution < 1.29 is 14.3 Å². The molecule has 0 radical (unpaired) electrons. The number of nitrogens with two attached hydrogens (primary N) is 1. The lowest BCUT2D eigenvalue weighted by Gasteiger charge is -2.36. The summed E-state index contributed by atoms with van der Waals surface area (Å²) < 4.78 is 6.17. The number of benzene rings is 1. The molecule has 0 saturated heterocycles. The largest absolute Gasteiger partial charge is 0.369 e. The van der Waals surface area contributed by atoms with Crippen LogP contribution in [0.1, 0.15) is 50.4 Å². The first kappa shape index (κ1) is 22.4. The topological polar surface area (TPSA) is 81.4 Å². The lowest BCUT2D eigenvalue weighted by atomic mass is 9.85. The Morgan fingerprint density at radius 3 is 2.38 bits per heavy atom. The lowest BCUT2D eigenvalue weighted by Crippen LogP contribution is -2.57. The van der Waals surface area contributed by atoms with Gasteiger partial charge in [0, 0.05) is 24.1 Å². The predicted molar refractivity (Wildman–Crippen MR) is 106 cm³/mol. The molecule has 0 unspecified atom stereocenters. The van der Waals surface area contributed by atoms with E-state index in [-0.39, 0.29) is 42.3 Å². The van der Waals surface area contributed by atoms with Crippen LogP contribution < -0.4 is 11.1 Å². The maximum Gasteiger partial charge on any atom is 0.217 e. The molecular formula is C20H29ClN2O3. The van der Waals surface area contributed by atoms with Gasteiger partial charge in [0.05, 0.1) is 18.2 Å². The molecule has 5 nitrogen and oxygen atoms in total. The molecule has 0 heterocycles. The average molecular weight is 381 g/mol. The highest BCUT2D eigenvalue weighted by Crippen LogP contribution is 2.25. The molecule has 26 heavy (non-hydrogen) atoms. The van der Waals surface area contributed by atoms with Crippen molar-refractivity contribution in [3.63, 3.8) is 0 Å². The third-order valence-electron chi connectivity index (χ3n) is 4.59. The number of amides is 1. The van der Waals surface area contributed by atoms with Crippen molar-refractivity contribution in [2.45, 2.75) is 64.3 Å². The van der Waals surface area contributed by atoms with E-state index in [1.54, 1.807) is 12.1 Å². The number of halogens is 1. The Morgan fingerprint density at radius 1 is 1.23 bits per heavy atom. The predicted octanol–water partition coefficient (Wildman–Crippen LogP) is 3.03. The number of ketones is 1. The van der Waals surface area contributed by atoms with E-state index in [2.05, 4.69) is 19.2 Å². The highest BCUT2D eigenvalue weighted by Gasteiger charge is 2.35. The summed E-state index contributed by atoms with van der Waals surface area (Å²) in [5.74, 6) is -0.180. The molecule has 3 N–H and O–H groups in total. The Labute approximate surface area is 161 Å². The zero-order chi connectivity index (χ0) is 18.4. The third kappa shape index (κ3) is 5.66. The van der Waals surface area contributed by atoms with Gasteiger partial charge in [-0.15, -0.1) is 12.4 Å². The van der Waals surface area contributed by atoms with Gasteiger partial charge in [0.15, 0.2) is 5.78 Å². The molecule has 144 valence electrons. The summed E-state index contributed by atoms with van der Waals surface area (Å²) in [5, 5.41) is 2.89. The fourth-order valence-electron chi connectivity index (χ4n) is 3.19. The first-order valence-electron chi connectivity index (χ1n) is 8.94. The maximum absolute atomic E-state index is 12.8. The van der Waals surface area contributed by atoms with Crippen LogP contribution in [-0.2, 0) is 9.53 Å². The van der Waals surface area contributed by atoms with Gasteiger partial charge in [-0.3, -0.25) is 9.59 Å². The number of ether oxygens (including phenoxy) is 1. The smallest absolute Gasteiger partial charge is 0.217 e. The van der Waals surface area contributed by atoms with Crippen LogP contribution in [0.25, 0.3) is 0 Å². The molecule has 1 aliphatic carbocycles. The van der Waals surface area contributed by atoms with Crippen molar-refractivity contribution in [3.8, 4) is 0 Å². The van der Waals surface area contributed by atoms with E-state index in [0.717, 1.165) is 12.8 Å². The Bertz CT molecular complexity index is 629. The number of nitrogens with one attached hydrogen (secondary N) is 1. The first-order valence-corrected chi connectivity index (χ1v) is 8.94. The number of hydrogen-bond donors (Lipinski definition) is 2. The summed E-state index contributed by atoms with van der Waals surface area (Å²) in [6.45, 7) is 5.59. The van der Waals surface area contributed by atoms with Crippen LogP contribution in [0.5, 0.6) is 0 Å². The summed E-state index contributed by atoms with van der Waals surface area (Å²) in [4.78, 5) is 24.3. The molecule has 1 aromatic rings. The average Bonchev–Trinajstić information content (AvgIpc) is 2.61. The van der Waals surface area contributed by atoms with E-state index in [1.807, 2.05) is 24.3 Å². The quantitative estimate of drug-likeness (QED) is 0.712. The number of rotatable bonds is 7. The fourth-order valence-corrected chi connectivity index (χ4v) is 3.19. The molecule has 0 aromatic heterocycles. The summed E-state index contributed by atoms with van der Waals surface area (Å²) >= 11 is 0. The van der Waals surface area contributed by atoms with Crippen LogP contribution >= 0.6 is 12.4 Å². The van der Waals surface area contributed by atoms with Gasteiger partial charge in [-0.25, -0.2) is 0 Å². The van der Waals surface area contributed by atoms with Gasteiger partial charge in [0.2, 0.25) is 5.91 Å². The number of carbonyl (C=O) groups is 2. The van der Waals surface area contributed by atoms with Crippen LogP contribution in [0.3, 0.4) is 0 Å². The zero-order valence-electron chi connectivity index (χ0n) is 15.6. The molecule has 1 amide bonds. The van der Waals surface area contributed by atoms with Crippen LogP contribution in [0, 0.1) is 0 Å². The number of carbonyl (C=O) groups excluding carboxylic acids is 2. The van der Waals surface area contributed by atoms with Gasteiger partial charge < -0.3 is 15.8 Å². The molecule has 1 aromatic carbocycles. The van der Waals surface area contributed by atoms with E-state index in [4.69, 9.17) is 10.5 Å². The highest BCUT2D eigenvalue weighted by atomic mass is 35.5. The highest BCUT2D eigenvalue weighted by molar-refractivity contribution is 6.08. The summed E-state index contributed by atoms with van der Waals surface area (Å²) in [7, 11) is 0. The standard InChI is InChI=1S/C20H28N2O3.ClH/c1-4-16(5-2)25-18-12-15(11-17(21)19(18)22-13(3)23)20(24)14-9-7-6-8-10-14;/h6-10,12,16-19H,4-5,11,21H2,1-3H3,(H,22,23);1H/t17-,18+,19+;/m0./s1. The van der Waals surface area contributed by atoms with Crippen LogP contribution in [-0.4, -0.2) is 36.0 Å². The van der Waals surface area contributed by atoms with E-state index in [0.29, 0.717) is 17.6 Å². The van der Waals surface area contributed by atoms with E-state index < -0.39 is 6.10 Å². The lowest BCUT2D eigenvalue weighted by molar-refractivity contribution is -0.121. The minimum atomic E-state index is -0.403. The summed E-state index contributed by atoms with van der Waals surface area (Å²) in [6.07, 6.45) is 3.66. The molecule has 1 aliphatic rings. The van der Waals surface area contributed by atoms with Crippen molar-refractivity contribution in [2.24, 2.45) is 5.73 Å². The normalized spacial score (nSPS) is 22.3. The van der Waals surface area contributed by atoms with Crippen molar-refractivity contribution in [1.82, 2.24) is 5.32 Å². The minimum Gasteiger partial charge on any atom is -0.369 e. The Morgan fingerprint density at radius 2 is 1.85 bits per heavy atom. The van der Waals surface area contributed by atoms with Gasteiger partial charge >= 0.3 is 0 Å². The van der Waals surface area contributed by atoms with Crippen LogP contribution in [0.15, 0.2) is 42.0 Å². The van der Waals surface area contributed by atoms with Gasteiger partial charge in [0.25, 0.3) is 0 Å². The minimum absolute atomic E-state index is 0. The van der Waals surface area contributed by atoms with E-state index >= 15 is 0 Å². The van der Waals surface area contributed by atoms with Gasteiger partial charge in [-0.1, -0.05) is 44.2 Å². The van der Waals surface area contributed by atoms with Gasteiger partial charge in [-0.2, -0.15) is 0 Å². The van der Waals surface area contributed by atoms with Crippen LogP contribution in [0.4, 0.5) is 0 Å². The molecule has 6 heteroatoms. The summed E-state index contributed by atoms with van der Waals surface area (Å²) in [5.41, 5.74) is 7.58.